The lowest BCUT2D eigenvalue weighted by Gasteiger charge is -2.25. The number of para-hydroxylation sites is 2. The summed E-state index contributed by atoms with van der Waals surface area (Å²) in [5.74, 6) is -0.0582. The maximum Gasteiger partial charge on any atom is 0.252 e. The summed E-state index contributed by atoms with van der Waals surface area (Å²) in [6.07, 6.45) is 6.93. The van der Waals surface area contributed by atoms with Gasteiger partial charge in [-0.25, -0.2) is 9.97 Å². The minimum absolute atomic E-state index is 0.0582. The number of carbonyl (C=O) groups is 1. The number of aromatic nitrogens is 2. The van der Waals surface area contributed by atoms with E-state index >= 15 is 0 Å². The number of nitrogens with zero attached hydrogens (tertiary/aromatic N) is 2. The Hall–Kier alpha value is -3.73. The second-order valence-electron chi connectivity index (χ2n) is 8.15. The molecule has 2 aromatic heterocycles. The normalized spacial score (nSPS) is 10.8. The van der Waals surface area contributed by atoms with E-state index in [1.54, 1.807) is 0 Å². The summed E-state index contributed by atoms with van der Waals surface area (Å²) in [6.45, 7) is 4.78. The monoisotopic (exact) mass is 439 g/mol. The maximum absolute atomic E-state index is 13.2. The third-order valence-corrected chi connectivity index (χ3v) is 5.77. The number of H-pyrrole nitrogens is 1. The number of hydrogen-bond donors (Lipinski definition) is 1. The molecule has 0 saturated heterocycles. The van der Waals surface area contributed by atoms with Crippen molar-refractivity contribution >= 4 is 22.5 Å². The van der Waals surface area contributed by atoms with Gasteiger partial charge in [-0.3, -0.25) is 4.79 Å². The highest BCUT2D eigenvalue weighted by Crippen LogP contribution is 2.24. The van der Waals surface area contributed by atoms with Gasteiger partial charge in [-0.15, -0.1) is 0 Å². The predicted molar refractivity (Wildman–Crippen MR) is 134 cm³/mol. The first kappa shape index (κ1) is 22.5. The Morgan fingerprint density at radius 1 is 0.939 bits per heavy atom. The van der Waals surface area contributed by atoms with E-state index in [2.05, 4.69) is 46.4 Å². The van der Waals surface area contributed by atoms with Crippen molar-refractivity contribution in [3.63, 3.8) is 0 Å². The summed E-state index contributed by atoms with van der Waals surface area (Å²) in [7, 11) is 0. The van der Waals surface area contributed by atoms with E-state index < -0.39 is 0 Å². The Morgan fingerprint density at radius 2 is 1.67 bits per heavy atom. The number of aromatic amines is 1. The van der Waals surface area contributed by atoms with Crippen LogP contribution in [0.4, 0.5) is 5.69 Å². The Kier molecular flexibility index (Phi) is 7.64. The lowest BCUT2D eigenvalue weighted by atomic mass is 10.0. The fourth-order valence-electron chi connectivity index (χ4n) is 3.99. The Morgan fingerprint density at radius 3 is 2.45 bits per heavy atom. The van der Waals surface area contributed by atoms with Crippen molar-refractivity contribution in [1.29, 1.82) is 0 Å². The molecule has 0 radical (unpaired) electrons. The van der Waals surface area contributed by atoms with Crippen molar-refractivity contribution in [1.82, 2.24) is 10.3 Å². The topological polar surface area (TPSA) is 59.4 Å². The minimum atomic E-state index is -0.0582. The molecule has 0 fully saturated rings. The van der Waals surface area contributed by atoms with Gasteiger partial charge in [-0.05, 0) is 37.1 Å². The number of carbonyl (C=O) groups excluding carboxylic acids is 1. The van der Waals surface area contributed by atoms with Crippen molar-refractivity contribution in [2.75, 3.05) is 24.5 Å². The van der Waals surface area contributed by atoms with Crippen molar-refractivity contribution < 1.29 is 9.78 Å². The highest BCUT2D eigenvalue weighted by molar-refractivity contribution is 6.07. The van der Waals surface area contributed by atoms with Crippen molar-refractivity contribution in [3.05, 3.63) is 90.8 Å². The van der Waals surface area contributed by atoms with E-state index in [1.807, 2.05) is 60.9 Å². The van der Waals surface area contributed by atoms with Gasteiger partial charge in [0.1, 0.15) is 0 Å². The standard InChI is InChI=1S/C28H30N4O/c1-2-3-19-32(23-10-5-4-6-11-23)20-9-16-30-28(33)25-21-27(22-14-17-29-18-15-22)31-26-13-8-7-12-24(25)26/h4-8,10-15,17-18,21H,2-3,9,16,19-20H2,1H3,(H,30,33)/p+1. The van der Waals surface area contributed by atoms with Crippen LogP contribution in [0.15, 0.2) is 85.2 Å². The zero-order chi connectivity index (χ0) is 22.9. The highest BCUT2D eigenvalue weighted by Gasteiger charge is 2.14. The Bertz CT molecular complexity index is 1180. The van der Waals surface area contributed by atoms with Crippen LogP contribution in [0, 0.1) is 0 Å². The molecule has 0 aliphatic rings. The van der Waals surface area contributed by atoms with Gasteiger partial charge in [0.05, 0.1) is 16.8 Å². The number of pyridine rings is 2. The number of rotatable bonds is 10. The molecule has 1 amide bonds. The van der Waals surface area contributed by atoms with Crippen LogP contribution in [0.2, 0.25) is 0 Å². The summed E-state index contributed by atoms with van der Waals surface area (Å²) >= 11 is 0. The minimum Gasteiger partial charge on any atom is -0.371 e. The average Bonchev–Trinajstić information content (AvgIpc) is 2.88. The summed E-state index contributed by atoms with van der Waals surface area (Å²) < 4.78 is 0. The highest BCUT2D eigenvalue weighted by atomic mass is 16.1. The molecule has 0 aliphatic carbocycles. The molecule has 0 spiro atoms. The van der Waals surface area contributed by atoms with Crippen LogP contribution in [0.1, 0.15) is 36.5 Å². The molecule has 4 rings (SSSR count). The molecule has 0 saturated carbocycles. The van der Waals surface area contributed by atoms with Crippen molar-refractivity contribution in [2.24, 2.45) is 0 Å². The number of hydrogen-bond acceptors (Lipinski definition) is 3. The van der Waals surface area contributed by atoms with E-state index in [0.717, 1.165) is 54.5 Å². The van der Waals surface area contributed by atoms with Gasteiger partial charge >= 0.3 is 0 Å². The van der Waals surface area contributed by atoms with Crippen LogP contribution in [-0.2, 0) is 0 Å². The maximum atomic E-state index is 13.2. The fraction of sp³-hybridized carbons (Fsp3) is 0.250. The van der Waals surface area contributed by atoms with Crippen LogP contribution >= 0.6 is 0 Å². The van der Waals surface area contributed by atoms with E-state index in [-0.39, 0.29) is 5.91 Å². The van der Waals surface area contributed by atoms with E-state index in [4.69, 9.17) is 4.98 Å². The van der Waals surface area contributed by atoms with Crippen LogP contribution < -0.4 is 15.2 Å². The van der Waals surface area contributed by atoms with Gasteiger partial charge in [0.2, 0.25) is 0 Å². The van der Waals surface area contributed by atoms with Crippen LogP contribution in [-0.4, -0.2) is 30.5 Å². The molecule has 0 aliphatic heterocycles. The van der Waals surface area contributed by atoms with Crippen LogP contribution in [0.3, 0.4) is 0 Å². The molecule has 0 atom stereocenters. The molecule has 2 heterocycles. The second-order valence-corrected chi connectivity index (χ2v) is 8.15. The van der Waals surface area contributed by atoms with Crippen molar-refractivity contribution in [3.8, 4) is 11.3 Å². The number of fused-ring (bicyclic) bond motifs is 1. The number of unbranched alkanes of at least 4 members (excludes halogenated alkanes) is 1. The van der Waals surface area contributed by atoms with Crippen molar-refractivity contribution in [2.45, 2.75) is 26.2 Å². The summed E-state index contributed by atoms with van der Waals surface area (Å²) in [6, 6.07) is 24.1. The van der Waals surface area contributed by atoms with Crippen LogP contribution in [0.5, 0.6) is 0 Å². The molecule has 33 heavy (non-hydrogen) atoms. The first-order chi connectivity index (χ1) is 16.3. The third-order valence-electron chi connectivity index (χ3n) is 5.77. The third kappa shape index (κ3) is 5.75. The van der Waals surface area contributed by atoms with E-state index in [9.17, 15) is 4.79 Å². The van der Waals surface area contributed by atoms with E-state index in [0.29, 0.717) is 12.1 Å². The SMILES string of the molecule is CCCCN(CCCNC(=O)c1cc(-c2cc[nH+]cc2)nc2ccccc12)c1ccccc1. The molecular formula is C28H31N4O+. The molecule has 2 aromatic carbocycles. The quantitative estimate of drug-likeness (QED) is 0.348. The number of nitrogens with one attached hydrogen (secondary N) is 2. The molecule has 2 N–H and O–H groups in total. The number of anilines is 1. The zero-order valence-electron chi connectivity index (χ0n) is 19.1. The van der Waals surface area contributed by atoms with Crippen LogP contribution in [0.25, 0.3) is 22.2 Å². The van der Waals surface area contributed by atoms with Gasteiger partial charge in [0.15, 0.2) is 12.4 Å². The van der Waals surface area contributed by atoms with E-state index in [1.165, 1.54) is 5.69 Å². The zero-order valence-corrected chi connectivity index (χ0v) is 19.1. The molecule has 5 nitrogen and oxygen atoms in total. The summed E-state index contributed by atoms with van der Waals surface area (Å²) in [4.78, 5) is 23.4. The molecule has 0 bridgehead atoms. The van der Waals surface area contributed by atoms with Gasteiger partial charge in [-0.1, -0.05) is 49.7 Å². The van der Waals surface area contributed by atoms with Gasteiger partial charge < -0.3 is 10.2 Å². The molecule has 4 aromatic rings. The smallest absolute Gasteiger partial charge is 0.252 e. The number of benzene rings is 2. The Labute approximate surface area is 195 Å². The molecule has 5 heteroatoms. The van der Waals surface area contributed by atoms with Gasteiger partial charge in [0, 0.05) is 48.4 Å². The average molecular weight is 440 g/mol. The summed E-state index contributed by atoms with van der Waals surface area (Å²) in [5.41, 5.74) is 4.49. The first-order valence-electron chi connectivity index (χ1n) is 11.7. The fourth-order valence-corrected chi connectivity index (χ4v) is 3.99. The molecular weight excluding hydrogens is 408 g/mol. The molecule has 0 unspecified atom stereocenters. The predicted octanol–water partition coefficient (Wildman–Crippen LogP) is 5.14. The number of amides is 1. The van der Waals surface area contributed by atoms with Gasteiger partial charge in [-0.2, -0.15) is 0 Å². The first-order valence-corrected chi connectivity index (χ1v) is 11.7. The molecule has 168 valence electrons. The largest absolute Gasteiger partial charge is 0.371 e. The Balaban J connectivity index is 1.45. The summed E-state index contributed by atoms with van der Waals surface area (Å²) in [5, 5.41) is 4.00. The lowest BCUT2D eigenvalue weighted by molar-refractivity contribution is -0.377. The second kappa shape index (κ2) is 11.2. The van der Waals surface area contributed by atoms with Gasteiger partial charge in [0.25, 0.3) is 5.91 Å². The lowest BCUT2D eigenvalue weighted by Crippen LogP contribution is -2.30.